The molecule has 0 spiro atoms. The van der Waals surface area contributed by atoms with E-state index in [1.807, 2.05) is 54.6 Å². The van der Waals surface area contributed by atoms with E-state index in [-0.39, 0.29) is 6.61 Å². The second kappa shape index (κ2) is 6.20. The summed E-state index contributed by atoms with van der Waals surface area (Å²) < 4.78 is 1.04. The largest absolute Gasteiger partial charge is 0.390 e. The third-order valence-corrected chi connectivity index (χ3v) is 3.69. The number of halogens is 1. The fraction of sp³-hybridized carbons (Fsp3) is 0.125. The summed E-state index contributed by atoms with van der Waals surface area (Å²) >= 11 is 3.42. The molecule has 4 nitrogen and oxygen atoms in total. The van der Waals surface area contributed by atoms with E-state index in [4.69, 9.17) is 0 Å². The van der Waals surface area contributed by atoms with E-state index < -0.39 is 0 Å². The van der Waals surface area contributed by atoms with Crippen molar-refractivity contribution in [2.75, 3.05) is 0 Å². The second-order valence-corrected chi connectivity index (χ2v) is 5.59. The first kappa shape index (κ1) is 14.0. The molecule has 0 aliphatic rings. The van der Waals surface area contributed by atoms with E-state index in [0.29, 0.717) is 12.2 Å². The van der Waals surface area contributed by atoms with Crippen LogP contribution in [0.5, 0.6) is 0 Å². The summed E-state index contributed by atoms with van der Waals surface area (Å²) in [5.74, 6) is 0. The van der Waals surface area contributed by atoms with Gasteiger partial charge in [0.05, 0.1) is 13.2 Å². The molecule has 0 saturated heterocycles. The van der Waals surface area contributed by atoms with Gasteiger partial charge in [0.1, 0.15) is 11.4 Å². The topological polar surface area (TPSA) is 50.9 Å². The molecule has 0 radical (unpaired) electrons. The Balaban J connectivity index is 1.91. The summed E-state index contributed by atoms with van der Waals surface area (Å²) in [7, 11) is 0. The number of aliphatic hydroxyl groups excluding tert-OH is 1. The van der Waals surface area contributed by atoms with Gasteiger partial charge < -0.3 is 5.11 Å². The second-order valence-electron chi connectivity index (χ2n) is 4.68. The summed E-state index contributed by atoms with van der Waals surface area (Å²) in [5, 5.41) is 18.3. The maximum Gasteiger partial charge on any atom is 0.118 e. The molecule has 1 aromatic heterocycles. The highest BCUT2D eigenvalue weighted by Crippen LogP contribution is 2.20. The molecule has 0 unspecified atom stereocenters. The van der Waals surface area contributed by atoms with E-state index in [2.05, 4.69) is 26.1 Å². The normalized spacial score (nSPS) is 10.8. The Hall–Kier alpha value is -1.98. The Morgan fingerprint density at radius 2 is 1.67 bits per heavy atom. The molecule has 0 aliphatic carbocycles. The molecular weight excluding hydrogens is 330 g/mol. The van der Waals surface area contributed by atoms with Gasteiger partial charge in [0.15, 0.2) is 0 Å². The fourth-order valence-electron chi connectivity index (χ4n) is 2.13. The van der Waals surface area contributed by atoms with E-state index >= 15 is 0 Å². The van der Waals surface area contributed by atoms with Crippen molar-refractivity contribution >= 4 is 15.9 Å². The molecule has 1 N–H and O–H groups in total. The van der Waals surface area contributed by atoms with Crippen LogP contribution in [0.3, 0.4) is 0 Å². The van der Waals surface area contributed by atoms with Gasteiger partial charge in [-0.2, -0.15) is 15.0 Å². The van der Waals surface area contributed by atoms with Gasteiger partial charge in [-0.05, 0) is 17.7 Å². The van der Waals surface area contributed by atoms with Crippen molar-refractivity contribution in [2.45, 2.75) is 13.2 Å². The number of nitrogens with zero attached hydrogens (tertiary/aromatic N) is 3. The first-order valence-electron chi connectivity index (χ1n) is 6.61. The zero-order valence-corrected chi connectivity index (χ0v) is 12.9. The summed E-state index contributed by atoms with van der Waals surface area (Å²) in [6.07, 6.45) is 0. The van der Waals surface area contributed by atoms with Crippen LogP contribution < -0.4 is 0 Å². The molecule has 3 aromatic rings. The zero-order valence-electron chi connectivity index (χ0n) is 11.3. The Morgan fingerprint density at radius 3 is 2.33 bits per heavy atom. The average molecular weight is 344 g/mol. The van der Waals surface area contributed by atoms with Crippen LogP contribution in [0.15, 0.2) is 59.1 Å². The first-order chi connectivity index (χ1) is 10.3. The number of rotatable bonds is 4. The minimum Gasteiger partial charge on any atom is -0.390 e. The Bertz CT molecular complexity index is 723. The maximum atomic E-state index is 9.47. The first-order valence-corrected chi connectivity index (χ1v) is 7.40. The van der Waals surface area contributed by atoms with E-state index in [1.165, 1.54) is 0 Å². The van der Waals surface area contributed by atoms with Crippen molar-refractivity contribution in [1.82, 2.24) is 15.0 Å². The van der Waals surface area contributed by atoms with Gasteiger partial charge in [-0.15, -0.1) is 0 Å². The van der Waals surface area contributed by atoms with Gasteiger partial charge in [0.25, 0.3) is 0 Å². The highest BCUT2D eigenvalue weighted by atomic mass is 79.9. The molecule has 0 fully saturated rings. The highest BCUT2D eigenvalue weighted by Gasteiger charge is 2.12. The van der Waals surface area contributed by atoms with Crippen LogP contribution in [0, 0.1) is 0 Å². The summed E-state index contributed by atoms with van der Waals surface area (Å²) in [6, 6.07) is 17.8. The third-order valence-electron chi connectivity index (χ3n) is 3.16. The molecule has 0 amide bonds. The highest BCUT2D eigenvalue weighted by molar-refractivity contribution is 9.10. The number of benzene rings is 2. The van der Waals surface area contributed by atoms with Crippen LogP contribution in [0.4, 0.5) is 0 Å². The standard InChI is InChI=1S/C16H14BrN3O/c17-14-8-6-12(7-9-14)10-20-18-15(11-21)16(19-20)13-4-2-1-3-5-13/h1-9,21H,10-11H2. The van der Waals surface area contributed by atoms with Gasteiger partial charge in [-0.25, -0.2) is 0 Å². The van der Waals surface area contributed by atoms with Gasteiger partial charge >= 0.3 is 0 Å². The van der Waals surface area contributed by atoms with Crippen LogP contribution in [-0.4, -0.2) is 20.1 Å². The van der Waals surface area contributed by atoms with Gasteiger partial charge in [-0.1, -0.05) is 58.4 Å². The molecule has 21 heavy (non-hydrogen) atoms. The summed E-state index contributed by atoms with van der Waals surface area (Å²) in [4.78, 5) is 1.62. The number of hydrogen-bond donors (Lipinski definition) is 1. The lowest BCUT2D eigenvalue weighted by atomic mass is 10.1. The van der Waals surface area contributed by atoms with Gasteiger partial charge in [-0.3, -0.25) is 0 Å². The molecule has 1 heterocycles. The van der Waals surface area contributed by atoms with E-state index in [1.54, 1.807) is 4.80 Å². The lowest BCUT2D eigenvalue weighted by molar-refractivity contribution is 0.276. The van der Waals surface area contributed by atoms with Crippen LogP contribution in [0.2, 0.25) is 0 Å². The number of aromatic nitrogens is 3. The quantitative estimate of drug-likeness (QED) is 0.791. The minimum absolute atomic E-state index is 0.120. The van der Waals surface area contributed by atoms with Crippen molar-refractivity contribution in [1.29, 1.82) is 0 Å². The SMILES string of the molecule is OCc1nn(Cc2ccc(Br)cc2)nc1-c1ccccc1. The molecule has 2 aromatic carbocycles. The molecule has 3 rings (SSSR count). The van der Waals surface area contributed by atoms with E-state index in [0.717, 1.165) is 21.3 Å². The lowest BCUT2D eigenvalue weighted by Gasteiger charge is -2.00. The van der Waals surface area contributed by atoms with Gasteiger partial charge in [0.2, 0.25) is 0 Å². The smallest absolute Gasteiger partial charge is 0.118 e. The average Bonchev–Trinajstić information content (AvgIpc) is 2.93. The number of hydrogen-bond acceptors (Lipinski definition) is 3. The molecule has 5 heteroatoms. The summed E-state index contributed by atoms with van der Waals surface area (Å²) in [6.45, 7) is 0.456. The Kier molecular flexibility index (Phi) is 4.13. The predicted octanol–water partition coefficient (Wildman–Crippen LogP) is 3.25. The fourth-order valence-corrected chi connectivity index (χ4v) is 2.40. The molecule has 106 valence electrons. The molecule has 0 atom stereocenters. The predicted molar refractivity (Wildman–Crippen MR) is 84.6 cm³/mol. The lowest BCUT2D eigenvalue weighted by Crippen LogP contribution is -2.04. The van der Waals surface area contributed by atoms with Crippen molar-refractivity contribution in [3.05, 3.63) is 70.3 Å². The maximum absolute atomic E-state index is 9.47. The van der Waals surface area contributed by atoms with E-state index in [9.17, 15) is 5.11 Å². The van der Waals surface area contributed by atoms with Crippen molar-refractivity contribution in [2.24, 2.45) is 0 Å². The van der Waals surface area contributed by atoms with Crippen LogP contribution in [0.25, 0.3) is 11.3 Å². The number of aliphatic hydroxyl groups is 1. The molecule has 0 bridgehead atoms. The van der Waals surface area contributed by atoms with Crippen LogP contribution in [-0.2, 0) is 13.2 Å². The zero-order chi connectivity index (χ0) is 14.7. The Morgan fingerprint density at radius 1 is 0.952 bits per heavy atom. The summed E-state index contributed by atoms with van der Waals surface area (Å²) in [5.41, 5.74) is 3.40. The molecule has 0 saturated carbocycles. The van der Waals surface area contributed by atoms with Crippen LogP contribution >= 0.6 is 15.9 Å². The minimum atomic E-state index is -0.120. The third kappa shape index (κ3) is 3.20. The van der Waals surface area contributed by atoms with Crippen LogP contribution in [0.1, 0.15) is 11.3 Å². The van der Waals surface area contributed by atoms with Crippen molar-refractivity contribution < 1.29 is 5.11 Å². The monoisotopic (exact) mass is 343 g/mol. The Labute approximate surface area is 131 Å². The van der Waals surface area contributed by atoms with Crippen molar-refractivity contribution in [3.63, 3.8) is 0 Å². The van der Waals surface area contributed by atoms with Gasteiger partial charge in [0, 0.05) is 10.0 Å². The molecule has 0 aliphatic heterocycles. The van der Waals surface area contributed by atoms with Crippen molar-refractivity contribution in [3.8, 4) is 11.3 Å². The molecular formula is C16H14BrN3O.